The molecule has 0 bridgehead atoms. The molecule has 0 unspecified atom stereocenters. The minimum Gasteiger partial charge on any atom is -0.356 e. The number of carbonyl (C=O) groups is 1. The summed E-state index contributed by atoms with van der Waals surface area (Å²) in [5.41, 5.74) is 4.38. The minimum absolute atomic E-state index is 0.269. The van der Waals surface area contributed by atoms with Crippen LogP contribution in [0.1, 0.15) is 28.9 Å². The molecule has 35 heavy (non-hydrogen) atoms. The summed E-state index contributed by atoms with van der Waals surface area (Å²) in [6.45, 7) is 1.92. The molecule has 6 nitrogen and oxygen atoms in total. The third kappa shape index (κ3) is 6.03. The van der Waals surface area contributed by atoms with E-state index in [-0.39, 0.29) is 5.91 Å². The average Bonchev–Trinajstić information content (AvgIpc) is 2.91. The third-order valence-corrected chi connectivity index (χ3v) is 6.39. The van der Waals surface area contributed by atoms with Crippen LogP contribution in [0.4, 0.5) is 22.9 Å². The zero-order chi connectivity index (χ0) is 23.9. The van der Waals surface area contributed by atoms with Crippen molar-refractivity contribution in [3.05, 3.63) is 108 Å². The van der Waals surface area contributed by atoms with E-state index in [2.05, 4.69) is 56.1 Å². The number of hydrogen-bond donors (Lipinski definition) is 2. The molecule has 1 aromatic heterocycles. The zero-order valence-electron chi connectivity index (χ0n) is 19.6. The van der Waals surface area contributed by atoms with Crippen molar-refractivity contribution < 1.29 is 4.79 Å². The molecule has 3 aromatic carbocycles. The lowest BCUT2D eigenvalue weighted by molar-refractivity contribution is 0.102. The van der Waals surface area contributed by atoms with Gasteiger partial charge in [-0.05, 0) is 79.3 Å². The summed E-state index contributed by atoms with van der Waals surface area (Å²) >= 11 is 0. The molecule has 6 heteroatoms. The lowest BCUT2D eigenvalue weighted by Gasteiger charge is -2.32. The maximum absolute atomic E-state index is 12.7. The molecule has 0 radical (unpaired) electrons. The highest BCUT2D eigenvalue weighted by Crippen LogP contribution is 2.25. The number of piperidine rings is 1. The van der Waals surface area contributed by atoms with Crippen molar-refractivity contribution in [2.75, 3.05) is 28.6 Å². The van der Waals surface area contributed by atoms with Gasteiger partial charge in [-0.15, -0.1) is 10.2 Å². The van der Waals surface area contributed by atoms with Crippen LogP contribution in [0, 0.1) is 5.92 Å². The van der Waals surface area contributed by atoms with Crippen molar-refractivity contribution in [1.82, 2.24) is 10.2 Å². The fourth-order valence-electron chi connectivity index (χ4n) is 4.45. The van der Waals surface area contributed by atoms with E-state index in [1.165, 1.54) is 5.56 Å². The minimum atomic E-state index is -0.269. The standard InChI is InChI=1S/C29H29N5O/c35-29(31-26-13-11-25(12-14-26)30-24-9-5-2-6-10-24)27-15-16-28(33-32-27)34-19-17-23(18-20-34)21-22-7-3-1-4-8-22/h1-16,23,30H,17-21H2,(H,31,35). The van der Waals surface area contributed by atoms with Crippen molar-refractivity contribution in [3.63, 3.8) is 0 Å². The Bertz CT molecular complexity index is 1220. The molecule has 5 rings (SSSR count). The molecule has 1 amide bonds. The van der Waals surface area contributed by atoms with E-state index < -0.39 is 0 Å². The highest BCUT2D eigenvalue weighted by Gasteiger charge is 2.21. The normalized spacial score (nSPS) is 13.9. The second kappa shape index (κ2) is 10.8. The van der Waals surface area contributed by atoms with Gasteiger partial charge in [0, 0.05) is 30.2 Å². The Kier molecular flexibility index (Phi) is 6.99. The second-order valence-electron chi connectivity index (χ2n) is 8.92. The number of hydrogen-bond acceptors (Lipinski definition) is 5. The number of anilines is 4. The summed E-state index contributed by atoms with van der Waals surface area (Å²) in [6, 6.07) is 31.9. The summed E-state index contributed by atoms with van der Waals surface area (Å²) in [4.78, 5) is 14.9. The summed E-state index contributed by atoms with van der Waals surface area (Å²) in [7, 11) is 0. The van der Waals surface area contributed by atoms with E-state index in [1.807, 2.05) is 60.7 Å². The summed E-state index contributed by atoms with van der Waals surface area (Å²) in [5, 5.41) is 14.8. The van der Waals surface area contributed by atoms with Gasteiger partial charge in [0.2, 0.25) is 0 Å². The number of amides is 1. The number of nitrogens with one attached hydrogen (secondary N) is 2. The first-order chi connectivity index (χ1) is 17.2. The first-order valence-electron chi connectivity index (χ1n) is 12.1. The third-order valence-electron chi connectivity index (χ3n) is 6.39. The van der Waals surface area contributed by atoms with Gasteiger partial charge in [0.05, 0.1) is 0 Å². The van der Waals surface area contributed by atoms with Crippen molar-refractivity contribution in [2.45, 2.75) is 19.3 Å². The number of carbonyl (C=O) groups excluding carboxylic acids is 1. The lowest BCUT2D eigenvalue weighted by atomic mass is 9.90. The van der Waals surface area contributed by atoms with Crippen molar-refractivity contribution in [3.8, 4) is 0 Å². The molecule has 1 aliphatic rings. The Morgan fingerprint density at radius 2 is 1.37 bits per heavy atom. The first kappa shape index (κ1) is 22.6. The SMILES string of the molecule is O=C(Nc1ccc(Nc2ccccc2)cc1)c1ccc(N2CCC(Cc3ccccc3)CC2)nn1. The van der Waals surface area contributed by atoms with Crippen LogP contribution < -0.4 is 15.5 Å². The van der Waals surface area contributed by atoms with Gasteiger partial charge < -0.3 is 15.5 Å². The Morgan fingerprint density at radius 1 is 0.743 bits per heavy atom. The van der Waals surface area contributed by atoms with Crippen molar-refractivity contribution in [1.29, 1.82) is 0 Å². The topological polar surface area (TPSA) is 70.2 Å². The Morgan fingerprint density at radius 3 is 2.03 bits per heavy atom. The van der Waals surface area contributed by atoms with E-state index in [9.17, 15) is 4.79 Å². The van der Waals surface area contributed by atoms with Crippen LogP contribution in [0.25, 0.3) is 0 Å². The Balaban J connectivity index is 1.12. The molecule has 0 atom stereocenters. The fraction of sp³-hybridized carbons (Fsp3) is 0.207. The predicted octanol–water partition coefficient (Wildman–Crippen LogP) is 5.93. The lowest BCUT2D eigenvalue weighted by Crippen LogP contribution is -2.35. The van der Waals surface area contributed by atoms with Crippen LogP contribution in [0.15, 0.2) is 97.1 Å². The van der Waals surface area contributed by atoms with Gasteiger partial charge >= 0.3 is 0 Å². The van der Waals surface area contributed by atoms with Gasteiger partial charge in [0.1, 0.15) is 0 Å². The van der Waals surface area contributed by atoms with Gasteiger partial charge in [-0.3, -0.25) is 4.79 Å². The number of nitrogens with zero attached hydrogens (tertiary/aromatic N) is 3. The molecule has 2 N–H and O–H groups in total. The summed E-state index contributed by atoms with van der Waals surface area (Å²) in [5.74, 6) is 1.26. The van der Waals surface area contributed by atoms with Crippen LogP contribution >= 0.6 is 0 Å². The molecule has 1 fully saturated rings. The largest absolute Gasteiger partial charge is 0.356 e. The van der Waals surface area contributed by atoms with Crippen LogP contribution in [0.2, 0.25) is 0 Å². The molecule has 2 heterocycles. The maximum Gasteiger partial charge on any atom is 0.276 e. The number of benzene rings is 3. The van der Waals surface area contributed by atoms with Gasteiger partial charge in [-0.1, -0.05) is 48.5 Å². The zero-order valence-corrected chi connectivity index (χ0v) is 19.6. The monoisotopic (exact) mass is 463 g/mol. The Hall–Kier alpha value is -4.19. The van der Waals surface area contributed by atoms with E-state index in [4.69, 9.17) is 0 Å². The molecular formula is C29H29N5O. The highest BCUT2D eigenvalue weighted by molar-refractivity contribution is 6.02. The molecule has 176 valence electrons. The second-order valence-corrected chi connectivity index (χ2v) is 8.92. The summed E-state index contributed by atoms with van der Waals surface area (Å²) in [6.07, 6.45) is 3.39. The smallest absolute Gasteiger partial charge is 0.276 e. The molecule has 1 saturated heterocycles. The molecule has 0 saturated carbocycles. The fourth-order valence-corrected chi connectivity index (χ4v) is 4.45. The van der Waals surface area contributed by atoms with Crippen LogP contribution in [-0.4, -0.2) is 29.2 Å². The van der Waals surface area contributed by atoms with Gasteiger partial charge in [0.25, 0.3) is 5.91 Å². The quantitative estimate of drug-likeness (QED) is 0.355. The number of rotatable bonds is 7. The van der Waals surface area contributed by atoms with E-state index >= 15 is 0 Å². The van der Waals surface area contributed by atoms with E-state index in [0.29, 0.717) is 17.3 Å². The van der Waals surface area contributed by atoms with Gasteiger partial charge in [-0.25, -0.2) is 0 Å². The molecule has 4 aromatic rings. The number of para-hydroxylation sites is 1. The number of aromatic nitrogens is 2. The average molecular weight is 464 g/mol. The van der Waals surface area contributed by atoms with Crippen LogP contribution in [0.5, 0.6) is 0 Å². The van der Waals surface area contributed by atoms with Gasteiger partial charge in [-0.2, -0.15) is 0 Å². The van der Waals surface area contributed by atoms with Gasteiger partial charge in [0.15, 0.2) is 11.5 Å². The first-order valence-corrected chi connectivity index (χ1v) is 12.1. The van der Waals surface area contributed by atoms with Crippen molar-refractivity contribution >= 4 is 28.8 Å². The Labute approximate surface area is 206 Å². The predicted molar refractivity (Wildman–Crippen MR) is 141 cm³/mol. The van der Waals surface area contributed by atoms with E-state index in [1.54, 1.807) is 6.07 Å². The highest BCUT2D eigenvalue weighted by atomic mass is 16.1. The molecular weight excluding hydrogens is 434 g/mol. The van der Waals surface area contributed by atoms with Crippen molar-refractivity contribution in [2.24, 2.45) is 5.92 Å². The molecule has 0 spiro atoms. The van der Waals surface area contributed by atoms with Crippen LogP contribution in [0.3, 0.4) is 0 Å². The van der Waals surface area contributed by atoms with E-state index in [0.717, 1.165) is 49.5 Å². The molecule has 0 aliphatic carbocycles. The van der Waals surface area contributed by atoms with Crippen LogP contribution in [-0.2, 0) is 6.42 Å². The maximum atomic E-state index is 12.7. The molecule has 1 aliphatic heterocycles. The summed E-state index contributed by atoms with van der Waals surface area (Å²) < 4.78 is 0.